The Morgan fingerprint density at radius 3 is 2.17 bits per heavy atom. The molecule has 0 amide bonds. The lowest BCUT2D eigenvalue weighted by molar-refractivity contribution is 0.667. The third-order valence-electron chi connectivity index (χ3n) is 6.16. The summed E-state index contributed by atoms with van der Waals surface area (Å²) < 4.78 is 9.03. The first-order valence-electron chi connectivity index (χ1n) is 10.2. The molecule has 7 rings (SSSR count). The molecular formula is C28H17NO. The van der Waals surface area contributed by atoms with Gasteiger partial charge in [-0.1, -0.05) is 72.8 Å². The van der Waals surface area contributed by atoms with Crippen molar-refractivity contribution in [3.63, 3.8) is 0 Å². The van der Waals surface area contributed by atoms with E-state index in [1.54, 1.807) is 0 Å². The fourth-order valence-electron chi connectivity index (χ4n) is 4.91. The molecule has 2 nitrogen and oxygen atoms in total. The molecule has 0 unspecified atom stereocenters. The molecule has 0 aliphatic carbocycles. The highest BCUT2D eigenvalue weighted by Crippen LogP contribution is 2.43. The SMILES string of the molecule is c1ccc(-n2c3cccc4c5ccccc5oc5c6ccccc6cc2c5c43)cc1. The van der Waals surface area contributed by atoms with Crippen LogP contribution in [0.3, 0.4) is 0 Å². The lowest BCUT2D eigenvalue weighted by atomic mass is 10.0. The molecule has 0 radical (unpaired) electrons. The van der Waals surface area contributed by atoms with Crippen LogP contribution in [-0.2, 0) is 0 Å². The van der Waals surface area contributed by atoms with Crippen LogP contribution in [0.25, 0.3) is 60.2 Å². The molecule has 0 atom stereocenters. The molecule has 30 heavy (non-hydrogen) atoms. The zero-order chi connectivity index (χ0) is 19.7. The molecule has 2 heterocycles. The largest absolute Gasteiger partial charge is 0.455 e. The van der Waals surface area contributed by atoms with Crippen molar-refractivity contribution < 1.29 is 4.42 Å². The van der Waals surface area contributed by atoms with Crippen LogP contribution >= 0.6 is 0 Å². The van der Waals surface area contributed by atoms with Crippen molar-refractivity contribution >= 4 is 54.5 Å². The predicted octanol–water partition coefficient (Wildman–Crippen LogP) is 7.84. The zero-order valence-corrected chi connectivity index (χ0v) is 16.2. The fraction of sp³-hybridized carbons (Fsp3) is 0. The highest BCUT2D eigenvalue weighted by Gasteiger charge is 2.20. The van der Waals surface area contributed by atoms with Crippen molar-refractivity contribution in [2.24, 2.45) is 0 Å². The van der Waals surface area contributed by atoms with Crippen LogP contribution in [-0.4, -0.2) is 4.57 Å². The molecule has 0 spiro atoms. The maximum atomic E-state index is 6.67. The van der Waals surface area contributed by atoms with Gasteiger partial charge in [-0.05, 0) is 41.1 Å². The predicted molar refractivity (Wildman–Crippen MR) is 126 cm³/mol. The summed E-state index contributed by atoms with van der Waals surface area (Å²) in [5.74, 6) is 0. The third kappa shape index (κ3) is 1.98. The average Bonchev–Trinajstić information content (AvgIpc) is 3.05. The van der Waals surface area contributed by atoms with Crippen molar-refractivity contribution in [2.45, 2.75) is 0 Å². The van der Waals surface area contributed by atoms with E-state index < -0.39 is 0 Å². The Morgan fingerprint density at radius 2 is 1.27 bits per heavy atom. The first kappa shape index (κ1) is 15.8. The summed E-state index contributed by atoms with van der Waals surface area (Å²) in [6.07, 6.45) is 0. The van der Waals surface area contributed by atoms with Gasteiger partial charge in [-0.3, -0.25) is 0 Å². The van der Waals surface area contributed by atoms with Gasteiger partial charge in [0, 0.05) is 21.8 Å². The summed E-state index contributed by atoms with van der Waals surface area (Å²) in [7, 11) is 0. The van der Waals surface area contributed by atoms with Gasteiger partial charge >= 0.3 is 0 Å². The van der Waals surface area contributed by atoms with E-state index in [2.05, 4.69) is 102 Å². The number of rotatable bonds is 1. The lowest BCUT2D eigenvalue weighted by Gasteiger charge is -2.09. The number of aromatic nitrogens is 1. The average molecular weight is 383 g/mol. The Balaban J connectivity index is 1.90. The molecule has 2 aromatic heterocycles. The Bertz CT molecular complexity index is 1740. The van der Waals surface area contributed by atoms with Gasteiger partial charge in [0.15, 0.2) is 0 Å². The van der Waals surface area contributed by atoms with Crippen LogP contribution in [0.5, 0.6) is 0 Å². The molecule has 2 heteroatoms. The summed E-state index contributed by atoms with van der Waals surface area (Å²) in [6, 6.07) is 36.3. The van der Waals surface area contributed by atoms with Gasteiger partial charge in [-0.15, -0.1) is 0 Å². The minimum atomic E-state index is 0.908. The van der Waals surface area contributed by atoms with Crippen LogP contribution in [0.15, 0.2) is 108 Å². The van der Waals surface area contributed by atoms with E-state index in [4.69, 9.17) is 4.42 Å². The molecule has 0 fully saturated rings. The van der Waals surface area contributed by atoms with Crippen molar-refractivity contribution in [2.75, 3.05) is 0 Å². The van der Waals surface area contributed by atoms with E-state index in [0.717, 1.165) is 27.6 Å². The van der Waals surface area contributed by atoms with Crippen molar-refractivity contribution in [3.05, 3.63) is 103 Å². The molecule has 5 aromatic carbocycles. The molecule has 0 saturated heterocycles. The van der Waals surface area contributed by atoms with Gasteiger partial charge in [-0.25, -0.2) is 0 Å². The minimum Gasteiger partial charge on any atom is -0.455 e. The Labute approximate surface area is 172 Å². The first-order valence-corrected chi connectivity index (χ1v) is 10.2. The van der Waals surface area contributed by atoms with E-state index >= 15 is 0 Å². The van der Waals surface area contributed by atoms with Crippen molar-refractivity contribution in [1.29, 1.82) is 0 Å². The third-order valence-corrected chi connectivity index (χ3v) is 6.16. The van der Waals surface area contributed by atoms with Crippen LogP contribution in [0, 0.1) is 0 Å². The number of fused-ring (bicyclic) bond motifs is 4. The van der Waals surface area contributed by atoms with Gasteiger partial charge in [0.25, 0.3) is 0 Å². The normalized spacial score (nSPS) is 12.0. The highest BCUT2D eigenvalue weighted by atomic mass is 16.3. The van der Waals surface area contributed by atoms with Gasteiger partial charge in [0.1, 0.15) is 11.2 Å². The summed E-state index contributed by atoms with van der Waals surface area (Å²) in [4.78, 5) is 0. The second-order valence-electron chi connectivity index (χ2n) is 7.79. The summed E-state index contributed by atoms with van der Waals surface area (Å²) >= 11 is 0. The Morgan fingerprint density at radius 1 is 0.533 bits per heavy atom. The van der Waals surface area contributed by atoms with Crippen LogP contribution in [0.2, 0.25) is 0 Å². The van der Waals surface area contributed by atoms with E-state index in [1.807, 2.05) is 6.07 Å². The van der Waals surface area contributed by atoms with E-state index in [0.29, 0.717) is 0 Å². The topological polar surface area (TPSA) is 18.1 Å². The van der Waals surface area contributed by atoms with Gasteiger partial charge < -0.3 is 8.98 Å². The number of hydrogen-bond donors (Lipinski definition) is 0. The molecule has 0 saturated carbocycles. The van der Waals surface area contributed by atoms with Crippen LogP contribution in [0.1, 0.15) is 0 Å². The van der Waals surface area contributed by atoms with Gasteiger partial charge in [0.2, 0.25) is 0 Å². The lowest BCUT2D eigenvalue weighted by Crippen LogP contribution is -1.93. The molecule has 7 aromatic rings. The standard InChI is InChI=1S/C28H17NO/c1-2-10-19(11-3-1)29-23-15-8-14-22-21-13-6-7-16-25(21)30-28-20-12-5-4-9-18(20)17-24(29)27(28)26(22)23/h1-17H. The second-order valence-corrected chi connectivity index (χ2v) is 7.79. The summed E-state index contributed by atoms with van der Waals surface area (Å²) in [5, 5.41) is 7.11. The quantitative estimate of drug-likeness (QED) is 0.282. The fourth-order valence-corrected chi connectivity index (χ4v) is 4.91. The first-order chi connectivity index (χ1) is 14.9. The molecule has 0 aliphatic rings. The number of para-hydroxylation sites is 2. The van der Waals surface area contributed by atoms with E-state index in [-0.39, 0.29) is 0 Å². The van der Waals surface area contributed by atoms with Gasteiger partial charge in [0.05, 0.1) is 16.4 Å². The van der Waals surface area contributed by atoms with Crippen molar-refractivity contribution in [1.82, 2.24) is 4.57 Å². The monoisotopic (exact) mass is 383 g/mol. The number of nitrogens with zero attached hydrogens (tertiary/aromatic N) is 1. The molecule has 140 valence electrons. The Hall–Kier alpha value is -4.04. The molecule has 0 aliphatic heterocycles. The smallest absolute Gasteiger partial charge is 0.145 e. The molecule has 0 N–H and O–H groups in total. The van der Waals surface area contributed by atoms with E-state index in [9.17, 15) is 0 Å². The molecule has 0 bridgehead atoms. The Kier molecular flexibility index (Phi) is 3.03. The zero-order valence-electron chi connectivity index (χ0n) is 16.2. The minimum absolute atomic E-state index is 0.908. The number of hydrogen-bond acceptors (Lipinski definition) is 1. The summed E-state index contributed by atoms with van der Waals surface area (Å²) in [6.45, 7) is 0. The molecular weight excluding hydrogens is 366 g/mol. The van der Waals surface area contributed by atoms with Gasteiger partial charge in [-0.2, -0.15) is 0 Å². The number of benzene rings is 5. The van der Waals surface area contributed by atoms with Crippen LogP contribution < -0.4 is 0 Å². The maximum absolute atomic E-state index is 6.67. The van der Waals surface area contributed by atoms with E-state index in [1.165, 1.54) is 32.6 Å². The van der Waals surface area contributed by atoms with Crippen LogP contribution in [0.4, 0.5) is 0 Å². The summed E-state index contributed by atoms with van der Waals surface area (Å²) in [5.41, 5.74) is 5.38. The highest BCUT2D eigenvalue weighted by molar-refractivity contribution is 6.30. The second kappa shape index (κ2) is 5.74. The maximum Gasteiger partial charge on any atom is 0.145 e. The van der Waals surface area contributed by atoms with Crippen molar-refractivity contribution in [3.8, 4) is 5.69 Å².